The highest BCUT2D eigenvalue weighted by Crippen LogP contribution is 2.38. The molecule has 4 N–H and O–H groups in total. The molecule has 6 nitrogen and oxygen atoms in total. The first-order valence-electron chi connectivity index (χ1n) is 7.21. The lowest BCUT2D eigenvalue weighted by molar-refractivity contribution is -0.119. The molecule has 1 aliphatic carbocycles. The summed E-state index contributed by atoms with van der Waals surface area (Å²) >= 11 is 0. The number of nitrogens with two attached hydrogens (primary N) is 1. The van der Waals surface area contributed by atoms with Crippen LogP contribution in [0.3, 0.4) is 0 Å². The van der Waals surface area contributed by atoms with Crippen molar-refractivity contribution in [3.8, 4) is 11.4 Å². The molecular formula is C15H20ClN5O. The lowest BCUT2D eigenvalue weighted by atomic mass is 10.1. The van der Waals surface area contributed by atoms with Gasteiger partial charge >= 0.3 is 0 Å². The zero-order valence-corrected chi connectivity index (χ0v) is 13.2. The topological polar surface area (TPSA) is 96.7 Å². The fourth-order valence-corrected chi connectivity index (χ4v) is 2.02. The SMILES string of the molecule is CC(CN)C(=O)Nc1ccc(-c2n[nH]c(C3CC3)n2)cc1.Cl. The standard InChI is InChI=1S/C15H19N5O.ClH/c1-9(8-16)15(21)17-12-6-4-11(5-7-12)14-18-13(19-20-14)10-2-3-10;/h4-7,9-10H,2-3,8,16H2,1H3,(H,17,21)(H,18,19,20);1H. The summed E-state index contributed by atoms with van der Waals surface area (Å²) in [5.74, 6) is 1.96. The summed E-state index contributed by atoms with van der Waals surface area (Å²) in [4.78, 5) is 16.3. The van der Waals surface area contributed by atoms with Crippen LogP contribution in [0.1, 0.15) is 31.5 Å². The van der Waals surface area contributed by atoms with Gasteiger partial charge in [-0.3, -0.25) is 9.89 Å². The predicted molar refractivity (Wildman–Crippen MR) is 87.9 cm³/mol. The molecule has 1 fully saturated rings. The van der Waals surface area contributed by atoms with Gasteiger partial charge in [-0.05, 0) is 37.1 Å². The van der Waals surface area contributed by atoms with Crippen molar-refractivity contribution in [2.24, 2.45) is 11.7 Å². The van der Waals surface area contributed by atoms with Gasteiger partial charge in [0.15, 0.2) is 5.82 Å². The Hall–Kier alpha value is -1.92. The Bertz CT molecular complexity index is 636. The van der Waals surface area contributed by atoms with Crippen LogP contribution in [0.25, 0.3) is 11.4 Å². The molecule has 1 aliphatic rings. The number of rotatable bonds is 5. The Morgan fingerprint density at radius 3 is 2.68 bits per heavy atom. The Balaban J connectivity index is 0.00000176. The molecule has 1 atom stereocenters. The second-order valence-corrected chi connectivity index (χ2v) is 5.52. The molecule has 1 aromatic carbocycles. The fraction of sp³-hybridized carbons (Fsp3) is 0.400. The van der Waals surface area contributed by atoms with Gasteiger partial charge < -0.3 is 11.1 Å². The third-order valence-corrected chi connectivity index (χ3v) is 3.68. The lowest BCUT2D eigenvalue weighted by Gasteiger charge is -2.09. The van der Waals surface area contributed by atoms with E-state index in [4.69, 9.17) is 5.73 Å². The summed E-state index contributed by atoms with van der Waals surface area (Å²) < 4.78 is 0. The number of nitrogens with one attached hydrogen (secondary N) is 2. The molecule has 0 saturated heterocycles. The number of hydrogen-bond acceptors (Lipinski definition) is 4. The number of carbonyl (C=O) groups excluding carboxylic acids is 1. The number of anilines is 1. The van der Waals surface area contributed by atoms with E-state index in [1.807, 2.05) is 24.3 Å². The quantitative estimate of drug-likeness (QED) is 0.787. The second-order valence-electron chi connectivity index (χ2n) is 5.52. The van der Waals surface area contributed by atoms with Gasteiger partial charge in [-0.1, -0.05) is 6.92 Å². The second kappa shape index (κ2) is 6.89. The summed E-state index contributed by atoms with van der Waals surface area (Å²) in [6, 6.07) is 7.51. The number of benzene rings is 1. The number of aromatic nitrogens is 3. The van der Waals surface area contributed by atoms with E-state index < -0.39 is 0 Å². The smallest absolute Gasteiger partial charge is 0.228 e. The third kappa shape index (κ3) is 3.64. The Morgan fingerprint density at radius 1 is 1.41 bits per heavy atom. The van der Waals surface area contributed by atoms with Crippen molar-refractivity contribution in [2.75, 3.05) is 11.9 Å². The van der Waals surface area contributed by atoms with Crippen molar-refractivity contribution < 1.29 is 4.79 Å². The molecule has 2 aromatic rings. The predicted octanol–water partition coefficient (Wildman–Crippen LogP) is 2.30. The van der Waals surface area contributed by atoms with Gasteiger partial charge in [0, 0.05) is 29.6 Å². The van der Waals surface area contributed by atoms with E-state index in [0.717, 1.165) is 17.1 Å². The number of halogens is 1. The first-order valence-corrected chi connectivity index (χ1v) is 7.21. The van der Waals surface area contributed by atoms with Gasteiger partial charge in [0.1, 0.15) is 5.82 Å². The zero-order valence-electron chi connectivity index (χ0n) is 12.4. The Morgan fingerprint density at radius 2 is 2.09 bits per heavy atom. The van der Waals surface area contributed by atoms with E-state index in [-0.39, 0.29) is 24.2 Å². The third-order valence-electron chi connectivity index (χ3n) is 3.68. The lowest BCUT2D eigenvalue weighted by Crippen LogP contribution is -2.26. The summed E-state index contributed by atoms with van der Waals surface area (Å²) in [5.41, 5.74) is 7.16. The molecule has 1 heterocycles. The number of nitrogens with zero attached hydrogens (tertiary/aromatic N) is 2. The molecule has 0 aliphatic heterocycles. The molecule has 118 valence electrons. The maximum atomic E-state index is 11.8. The summed E-state index contributed by atoms with van der Waals surface area (Å²) in [6.07, 6.45) is 2.39. The van der Waals surface area contributed by atoms with Crippen LogP contribution >= 0.6 is 12.4 Å². The van der Waals surface area contributed by atoms with E-state index in [2.05, 4.69) is 20.5 Å². The summed E-state index contributed by atoms with van der Waals surface area (Å²) in [5, 5.41) is 10.1. The molecule has 3 rings (SSSR count). The van der Waals surface area contributed by atoms with E-state index in [1.165, 1.54) is 12.8 Å². The van der Waals surface area contributed by atoms with Gasteiger partial charge in [0.2, 0.25) is 5.91 Å². The molecular weight excluding hydrogens is 302 g/mol. The van der Waals surface area contributed by atoms with Crippen LogP contribution < -0.4 is 11.1 Å². The van der Waals surface area contributed by atoms with Gasteiger partial charge in [-0.25, -0.2) is 4.98 Å². The van der Waals surface area contributed by atoms with E-state index in [0.29, 0.717) is 18.3 Å². The van der Waals surface area contributed by atoms with Crippen LogP contribution in [0, 0.1) is 5.92 Å². The van der Waals surface area contributed by atoms with Crippen molar-refractivity contribution in [1.82, 2.24) is 15.2 Å². The average Bonchev–Trinajstić information content (AvgIpc) is 3.25. The highest BCUT2D eigenvalue weighted by atomic mass is 35.5. The highest BCUT2D eigenvalue weighted by Gasteiger charge is 2.27. The minimum absolute atomic E-state index is 0. The Labute approximate surface area is 135 Å². The average molecular weight is 322 g/mol. The van der Waals surface area contributed by atoms with Crippen LogP contribution in [-0.2, 0) is 4.79 Å². The minimum Gasteiger partial charge on any atom is -0.330 e. The first-order chi connectivity index (χ1) is 10.2. The number of amides is 1. The molecule has 1 aromatic heterocycles. The summed E-state index contributed by atoms with van der Waals surface area (Å²) in [6.45, 7) is 2.14. The van der Waals surface area contributed by atoms with Crippen LogP contribution in [-0.4, -0.2) is 27.6 Å². The minimum atomic E-state index is -0.196. The molecule has 1 amide bonds. The molecule has 0 radical (unpaired) electrons. The Kier molecular flexibility index (Phi) is 5.15. The van der Waals surface area contributed by atoms with E-state index in [1.54, 1.807) is 6.92 Å². The van der Waals surface area contributed by atoms with Gasteiger partial charge in [0.05, 0.1) is 0 Å². The largest absolute Gasteiger partial charge is 0.330 e. The van der Waals surface area contributed by atoms with Crippen molar-refractivity contribution in [2.45, 2.75) is 25.7 Å². The molecule has 1 unspecified atom stereocenters. The van der Waals surface area contributed by atoms with Crippen molar-refractivity contribution in [3.63, 3.8) is 0 Å². The van der Waals surface area contributed by atoms with Crippen LogP contribution in [0.15, 0.2) is 24.3 Å². The number of hydrogen-bond donors (Lipinski definition) is 3. The number of carbonyl (C=O) groups is 1. The monoisotopic (exact) mass is 321 g/mol. The molecule has 0 spiro atoms. The number of H-pyrrole nitrogens is 1. The van der Waals surface area contributed by atoms with Crippen LogP contribution in [0.2, 0.25) is 0 Å². The van der Waals surface area contributed by atoms with Crippen molar-refractivity contribution in [3.05, 3.63) is 30.1 Å². The van der Waals surface area contributed by atoms with Gasteiger partial charge in [-0.2, -0.15) is 5.10 Å². The van der Waals surface area contributed by atoms with E-state index in [9.17, 15) is 4.79 Å². The molecule has 22 heavy (non-hydrogen) atoms. The summed E-state index contributed by atoms with van der Waals surface area (Å²) in [7, 11) is 0. The van der Waals surface area contributed by atoms with E-state index >= 15 is 0 Å². The van der Waals surface area contributed by atoms with Crippen LogP contribution in [0.4, 0.5) is 5.69 Å². The van der Waals surface area contributed by atoms with Crippen LogP contribution in [0.5, 0.6) is 0 Å². The fourth-order valence-electron chi connectivity index (χ4n) is 2.02. The maximum absolute atomic E-state index is 11.8. The zero-order chi connectivity index (χ0) is 14.8. The molecule has 7 heteroatoms. The number of aromatic amines is 1. The maximum Gasteiger partial charge on any atom is 0.228 e. The van der Waals surface area contributed by atoms with Crippen molar-refractivity contribution in [1.29, 1.82) is 0 Å². The first kappa shape index (κ1) is 16.5. The molecule has 1 saturated carbocycles. The highest BCUT2D eigenvalue weighted by molar-refractivity contribution is 5.92. The normalized spacial score (nSPS) is 15.0. The van der Waals surface area contributed by atoms with Crippen molar-refractivity contribution >= 4 is 24.0 Å². The van der Waals surface area contributed by atoms with Gasteiger partial charge in [0.25, 0.3) is 0 Å². The molecule has 0 bridgehead atoms. The van der Waals surface area contributed by atoms with Gasteiger partial charge in [-0.15, -0.1) is 12.4 Å².